The molecule has 0 bridgehead atoms. The van der Waals surface area contributed by atoms with Crippen LogP contribution >= 0.6 is 11.3 Å². The van der Waals surface area contributed by atoms with Gasteiger partial charge in [0.1, 0.15) is 5.82 Å². The van der Waals surface area contributed by atoms with E-state index >= 15 is 0 Å². The third-order valence-electron chi connectivity index (χ3n) is 4.87. The summed E-state index contributed by atoms with van der Waals surface area (Å²) in [4.78, 5) is 22.2. The molecule has 0 spiro atoms. The molecule has 4 rings (SSSR count). The van der Waals surface area contributed by atoms with Gasteiger partial charge in [0, 0.05) is 37.2 Å². The van der Waals surface area contributed by atoms with Gasteiger partial charge in [0.2, 0.25) is 16.0 Å². The molecular formula is C20H24FN5OS. The van der Waals surface area contributed by atoms with Crippen molar-refractivity contribution in [2.75, 3.05) is 31.1 Å². The average Bonchev–Trinajstić information content (AvgIpc) is 3.11. The van der Waals surface area contributed by atoms with Crippen molar-refractivity contribution < 1.29 is 9.18 Å². The van der Waals surface area contributed by atoms with Gasteiger partial charge in [0.15, 0.2) is 0 Å². The number of hydrogen-bond donors (Lipinski definition) is 0. The molecule has 1 amide bonds. The second-order valence-electron chi connectivity index (χ2n) is 8.13. The summed E-state index contributed by atoms with van der Waals surface area (Å²) < 4.78 is 14.9. The van der Waals surface area contributed by atoms with Crippen LogP contribution in [0.2, 0.25) is 0 Å². The topological polar surface area (TPSA) is 53.7 Å². The minimum atomic E-state index is -0.353. The predicted octanol–water partition coefficient (Wildman–Crippen LogP) is 3.68. The number of benzene rings is 1. The molecule has 0 aliphatic carbocycles. The molecule has 1 aliphatic rings. The minimum Gasteiger partial charge on any atom is -0.345 e. The fourth-order valence-corrected chi connectivity index (χ4v) is 4.30. The second-order valence-corrected chi connectivity index (χ2v) is 9.06. The van der Waals surface area contributed by atoms with Crippen LogP contribution in [0.25, 0.3) is 16.2 Å². The maximum atomic E-state index is 13.1. The van der Waals surface area contributed by atoms with E-state index in [1.807, 2.05) is 31.9 Å². The van der Waals surface area contributed by atoms with Gasteiger partial charge in [-0.25, -0.2) is 13.9 Å². The highest BCUT2D eigenvalue weighted by Crippen LogP contribution is 2.28. The number of halogens is 1. The third-order valence-corrected chi connectivity index (χ3v) is 5.85. The minimum absolute atomic E-state index is 0.201. The van der Waals surface area contributed by atoms with Crippen molar-refractivity contribution in [1.29, 1.82) is 0 Å². The Kier molecular flexibility index (Phi) is 4.82. The number of carbonyl (C=O) groups excluding carboxylic acids is 1. The fraction of sp³-hybridized carbons (Fsp3) is 0.450. The van der Waals surface area contributed by atoms with E-state index in [0.29, 0.717) is 6.54 Å². The molecule has 3 heterocycles. The molecule has 0 unspecified atom stereocenters. The zero-order valence-electron chi connectivity index (χ0n) is 16.4. The van der Waals surface area contributed by atoms with Crippen LogP contribution in [0.15, 0.2) is 30.5 Å². The highest BCUT2D eigenvalue weighted by atomic mass is 32.1. The Balaban J connectivity index is 1.49. The van der Waals surface area contributed by atoms with Gasteiger partial charge in [0.25, 0.3) is 0 Å². The summed E-state index contributed by atoms with van der Waals surface area (Å²) in [6, 6.07) is 6.31. The van der Waals surface area contributed by atoms with Gasteiger partial charge in [-0.3, -0.25) is 4.79 Å². The Bertz CT molecular complexity index is 957. The molecule has 0 saturated carbocycles. The highest BCUT2D eigenvalue weighted by molar-refractivity contribution is 7.20. The van der Waals surface area contributed by atoms with Crippen molar-refractivity contribution in [2.24, 2.45) is 5.41 Å². The van der Waals surface area contributed by atoms with Crippen molar-refractivity contribution >= 4 is 27.3 Å². The molecule has 6 nitrogen and oxygen atoms in total. The predicted molar refractivity (Wildman–Crippen MR) is 109 cm³/mol. The lowest BCUT2D eigenvalue weighted by molar-refractivity contribution is -0.139. The van der Waals surface area contributed by atoms with Crippen molar-refractivity contribution in [1.82, 2.24) is 19.5 Å². The van der Waals surface area contributed by atoms with Gasteiger partial charge in [-0.2, -0.15) is 0 Å². The fourth-order valence-electron chi connectivity index (χ4n) is 3.36. The number of amides is 1. The van der Waals surface area contributed by atoms with Crippen molar-refractivity contribution in [2.45, 2.75) is 27.2 Å². The Morgan fingerprint density at radius 2 is 1.86 bits per heavy atom. The van der Waals surface area contributed by atoms with Crippen LogP contribution in [0.1, 0.15) is 27.2 Å². The second kappa shape index (κ2) is 7.16. The summed E-state index contributed by atoms with van der Waals surface area (Å²) in [7, 11) is 0. The van der Waals surface area contributed by atoms with Crippen LogP contribution in [0.3, 0.4) is 0 Å². The standard InChI is InChI=1S/C20H24FN5OS/c1-20(2,3)17(27)24-9-4-10-25(12-11-24)19-23-26-13-16(22-18(26)28-19)14-5-7-15(21)8-6-14/h5-8,13H,4,9-12H2,1-3H3. The van der Waals surface area contributed by atoms with Crippen molar-refractivity contribution in [3.63, 3.8) is 0 Å². The van der Waals surface area contributed by atoms with Gasteiger partial charge in [-0.15, -0.1) is 5.10 Å². The van der Waals surface area contributed by atoms with Crippen molar-refractivity contribution in [3.8, 4) is 11.3 Å². The zero-order valence-corrected chi connectivity index (χ0v) is 17.2. The van der Waals surface area contributed by atoms with E-state index in [1.54, 1.807) is 16.6 Å². The van der Waals surface area contributed by atoms with Crippen LogP contribution in [0, 0.1) is 11.2 Å². The van der Waals surface area contributed by atoms with Crippen molar-refractivity contribution in [3.05, 3.63) is 36.3 Å². The number of carbonyl (C=O) groups is 1. The van der Waals surface area contributed by atoms with Crippen LogP contribution in [-0.4, -0.2) is 51.6 Å². The lowest BCUT2D eigenvalue weighted by Crippen LogP contribution is -2.41. The van der Waals surface area contributed by atoms with Gasteiger partial charge < -0.3 is 9.80 Å². The summed E-state index contributed by atoms with van der Waals surface area (Å²) in [6.45, 7) is 9.02. The number of hydrogen-bond acceptors (Lipinski definition) is 5. The normalized spacial score (nSPS) is 15.9. The SMILES string of the molecule is CC(C)(C)C(=O)N1CCCN(c2nn3cc(-c4ccc(F)cc4)nc3s2)CC1. The maximum absolute atomic E-state index is 13.1. The summed E-state index contributed by atoms with van der Waals surface area (Å²) in [6.07, 6.45) is 2.79. The van der Waals surface area contributed by atoms with Gasteiger partial charge in [0.05, 0.1) is 11.9 Å². The zero-order chi connectivity index (χ0) is 19.9. The Morgan fingerprint density at radius 3 is 2.54 bits per heavy atom. The van der Waals surface area contributed by atoms with E-state index in [2.05, 4.69) is 15.0 Å². The average molecular weight is 402 g/mol. The van der Waals surface area contributed by atoms with E-state index in [1.165, 1.54) is 23.5 Å². The van der Waals surface area contributed by atoms with E-state index in [4.69, 9.17) is 0 Å². The molecule has 28 heavy (non-hydrogen) atoms. The summed E-state index contributed by atoms with van der Waals surface area (Å²) in [5, 5.41) is 5.60. The first-order valence-corrected chi connectivity index (χ1v) is 10.3. The lowest BCUT2D eigenvalue weighted by atomic mass is 9.94. The molecule has 8 heteroatoms. The molecule has 1 aliphatic heterocycles. The summed E-state index contributed by atoms with van der Waals surface area (Å²) >= 11 is 1.54. The highest BCUT2D eigenvalue weighted by Gasteiger charge is 2.29. The first kappa shape index (κ1) is 18.9. The molecular weight excluding hydrogens is 377 g/mol. The molecule has 0 atom stereocenters. The summed E-state index contributed by atoms with van der Waals surface area (Å²) in [5.74, 6) is -0.0578. The maximum Gasteiger partial charge on any atom is 0.228 e. The van der Waals surface area contributed by atoms with Crippen LogP contribution in [0.4, 0.5) is 9.52 Å². The quantitative estimate of drug-likeness (QED) is 0.657. The van der Waals surface area contributed by atoms with Crippen LogP contribution in [0.5, 0.6) is 0 Å². The van der Waals surface area contributed by atoms with E-state index in [0.717, 1.165) is 47.4 Å². The Morgan fingerprint density at radius 1 is 1.11 bits per heavy atom. The monoisotopic (exact) mass is 401 g/mol. The number of aromatic nitrogens is 3. The number of nitrogens with zero attached hydrogens (tertiary/aromatic N) is 5. The van der Waals surface area contributed by atoms with Gasteiger partial charge in [-0.05, 0) is 30.7 Å². The van der Waals surface area contributed by atoms with Gasteiger partial charge in [-0.1, -0.05) is 32.1 Å². The number of anilines is 1. The molecule has 2 aromatic heterocycles. The number of rotatable bonds is 2. The number of fused-ring (bicyclic) bond motifs is 1. The summed E-state index contributed by atoms with van der Waals surface area (Å²) in [5.41, 5.74) is 1.29. The third kappa shape index (κ3) is 3.73. The lowest BCUT2D eigenvalue weighted by Gasteiger charge is -2.28. The molecule has 1 fully saturated rings. The first-order chi connectivity index (χ1) is 13.3. The van der Waals surface area contributed by atoms with Gasteiger partial charge >= 0.3 is 0 Å². The number of imidazole rings is 1. The van der Waals surface area contributed by atoms with E-state index in [9.17, 15) is 9.18 Å². The molecule has 0 radical (unpaired) electrons. The van der Waals surface area contributed by atoms with Crippen LogP contribution < -0.4 is 4.90 Å². The van der Waals surface area contributed by atoms with E-state index < -0.39 is 0 Å². The molecule has 1 aromatic carbocycles. The Hall–Kier alpha value is -2.48. The van der Waals surface area contributed by atoms with E-state index in [-0.39, 0.29) is 17.1 Å². The smallest absolute Gasteiger partial charge is 0.228 e. The Labute approximate surface area is 167 Å². The first-order valence-electron chi connectivity index (χ1n) is 9.48. The molecule has 0 N–H and O–H groups in total. The molecule has 148 valence electrons. The molecule has 3 aromatic rings. The molecule has 1 saturated heterocycles. The van der Waals surface area contributed by atoms with Crippen LogP contribution in [-0.2, 0) is 4.79 Å². The largest absolute Gasteiger partial charge is 0.345 e.